The van der Waals surface area contributed by atoms with Crippen LogP contribution in [-0.4, -0.2) is 36.5 Å². The second-order valence-electron chi connectivity index (χ2n) is 5.44. The Morgan fingerprint density at radius 3 is 2.39 bits per heavy atom. The fraction of sp³-hybridized carbons (Fsp3) is 0.444. The summed E-state index contributed by atoms with van der Waals surface area (Å²) in [6.45, 7) is 7.72. The summed E-state index contributed by atoms with van der Waals surface area (Å²) in [5.41, 5.74) is 4.44. The summed E-state index contributed by atoms with van der Waals surface area (Å²) < 4.78 is 5.18. The molecule has 0 N–H and O–H groups in total. The van der Waals surface area contributed by atoms with E-state index in [1.807, 2.05) is 19.9 Å². The summed E-state index contributed by atoms with van der Waals surface area (Å²) in [5.74, 6) is 0.768. The van der Waals surface area contributed by atoms with Crippen LogP contribution in [0, 0.1) is 13.8 Å². The van der Waals surface area contributed by atoms with Crippen LogP contribution in [0.2, 0.25) is 0 Å². The summed E-state index contributed by atoms with van der Waals surface area (Å²) in [6, 6.07) is 8.58. The molecule has 0 amide bonds. The van der Waals surface area contributed by atoms with Crippen molar-refractivity contribution in [2.24, 2.45) is 0 Å². The molecule has 2 aromatic rings. The second-order valence-corrected chi connectivity index (χ2v) is 6.29. The molecule has 0 bridgehead atoms. The first-order valence-electron chi connectivity index (χ1n) is 7.84. The van der Waals surface area contributed by atoms with E-state index in [1.165, 1.54) is 10.5 Å². The molecular weight excluding hydrogens is 306 g/mol. The molecule has 0 saturated heterocycles. The summed E-state index contributed by atoms with van der Waals surface area (Å²) in [4.78, 5) is 12.6. The van der Waals surface area contributed by atoms with Crippen molar-refractivity contribution >= 4 is 23.4 Å². The number of hydrogen-bond acceptors (Lipinski definition) is 5. The molecular formula is C18H25N3OS. The van der Waals surface area contributed by atoms with Crippen LogP contribution in [0.3, 0.4) is 0 Å². The maximum absolute atomic E-state index is 5.18. The van der Waals surface area contributed by atoms with Gasteiger partial charge in [-0.05, 0) is 57.2 Å². The number of hydrogen-bond donors (Lipinski definition) is 0. The van der Waals surface area contributed by atoms with Crippen molar-refractivity contribution in [3.8, 4) is 0 Å². The molecule has 0 atom stereocenters. The Morgan fingerprint density at radius 1 is 1.13 bits per heavy atom. The predicted octanol–water partition coefficient (Wildman–Crippen LogP) is 4.16. The average Bonchev–Trinajstić information content (AvgIpc) is 2.53. The Hall–Kier alpha value is -1.59. The molecule has 0 unspecified atom stereocenters. The minimum atomic E-state index is 0.741. The monoisotopic (exact) mass is 331 g/mol. The lowest BCUT2D eigenvalue weighted by Gasteiger charge is -2.24. The van der Waals surface area contributed by atoms with E-state index < -0.39 is 0 Å². The van der Waals surface area contributed by atoms with Crippen LogP contribution in [0.15, 0.2) is 29.2 Å². The van der Waals surface area contributed by atoms with E-state index in [4.69, 9.17) is 4.74 Å². The van der Waals surface area contributed by atoms with Gasteiger partial charge in [0.15, 0.2) is 0 Å². The highest BCUT2D eigenvalue weighted by Crippen LogP contribution is 2.33. The molecule has 0 aliphatic rings. The number of thioether (sulfide) groups is 1. The largest absolute Gasteiger partial charge is 0.384 e. The summed E-state index contributed by atoms with van der Waals surface area (Å²) >= 11 is 1.75. The SMILES string of the molecule is CCN(c1nc(C)cc(C)n1)c1ccc(CCOC)cc1SC. The Kier molecular flexibility index (Phi) is 6.42. The van der Waals surface area contributed by atoms with Crippen molar-refractivity contribution in [3.05, 3.63) is 41.2 Å². The molecule has 4 nitrogen and oxygen atoms in total. The smallest absolute Gasteiger partial charge is 0.230 e. The molecule has 1 aromatic carbocycles. The first-order valence-corrected chi connectivity index (χ1v) is 9.07. The Balaban J connectivity index is 2.40. The molecule has 0 saturated carbocycles. The van der Waals surface area contributed by atoms with Gasteiger partial charge in [0, 0.05) is 29.9 Å². The van der Waals surface area contributed by atoms with Crippen LogP contribution in [0.5, 0.6) is 0 Å². The number of aryl methyl sites for hydroxylation is 2. The number of rotatable bonds is 7. The first kappa shape index (κ1) is 17.8. The minimum Gasteiger partial charge on any atom is -0.384 e. The number of aromatic nitrogens is 2. The number of benzene rings is 1. The van der Waals surface area contributed by atoms with Crippen LogP contribution < -0.4 is 4.90 Å². The molecule has 1 aromatic heterocycles. The second kappa shape index (κ2) is 8.31. The predicted molar refractivity (Wildman–Crippen MR) is 98.0 cm³/mol. The lowest BCUT2D eigenvalue weighted by Crippen LogP contribution is -2.20. The van der Waals surface area contributed by atoms with E-state index in [9.17, 15) is 0 Å². The van der Waals surface area contributed by atoms with E-state index >= 15 is 0 Å². The van der Waals surface area contributed by atoms with E-state index in [1.54, 1.807) is 18.9 Å². The molecule has 1 heterocycles. The van der Waals surface area contributed by atoms with Crippen molar-refractivity contribution in [1.29, 1.82) is 0 Å². The van der Waals surface area contributed by atoms with Gasteiger partial charge in [0.05, 0.1) is 12.3 Å². The number of anilines is 2. The van der Waals surface area contributed by atoms with Gasteiger partial charge in [0.2, 0.25) is 5.95 Å². The first-order chi connectivity index (χ1) is 11.1. The molecule has 5 heteroatoms. The maximum Gasteiger partial charge on any atom is 0.230 e. The minimum absolute atomic E-state index is 0.741. The van der Waals surface area contributed by atoms with Gasteiger partial charge in [-0.25, -0.2) is 9.97 Å². The van der Waals surface area contributed by atoms with Crippen molar-refractivity contribution in [1.82, 2.24) is 9.97 Å². The highest BCUT2D eigenvalue weighted by molar-refractivity contribution is 7.98. The molecule has 124 valence electrons. The number of nitrogens with zero attached hydrogens (tertiary/aromatic N) is 3. The third-order valence-electron chi connectivity index (χ3n) is 3.66. The zero-order valence-electron chi connectivity index (χ0n) is 14.6. The Labute approximate surface area is 143 Å². The number of methoxy groups -OCH3 is 1. The van der Waals surface area contributed by atoms with Crippen molar-refractivity contribution in [2.75, 3.05) is 31.4 Å². The molecule has 0 aliphatic heterocycles. The topological polar surface area (TPSA) is 38.2 Å². The highest BCUT2D eigenvalue weighted by Gasteiger charge is 2.15. The van der Waals surface area contributed by atoms with Crippen LogP contribution >= 0.6 is 11.8 Å². The van der Waals surface area contributed by atoms with Crippen LogP contribution in [0.4, 0.5) is 11.6 Å². The van der Waals surface area contributed by atoms with Crippen molar-refractivity contribution < 1.29 is 4.74 Å². The van der Waals surface area contributed by atoms with Gasteiger partial charge in [0.1, 0.15) is 0 Å². The summed E-state index contributed by atoms with van der Waals surface area (Å²) in [6.07, 6.45) is 3.03. The summed E-state index contributed by atoms with van der Waals surface area (Å²) in [7, 11) is 1.74. The van der Waals surface area contributed by atoms with Crippen LogP contribution in [0.25, 0.3) is 0 Å². The molecule has 2 rings (SSSR count). The van der Waals surface area contributed by atoms with E-state index in [0.717, 1.165) is 42.6 Å². The molecule has 0 radical (unpaired) electrons. The van der Waals surface area contributed by atoms with Gasteiger partial charge >= 0.3 is 0 Å². The van der Waals surface area contributed by atoms with Gasteiger partial charge < -0.3 is 9.64 Å². The average molecular weight is 331 g/mol. The Bertz CT molecular complexity index is 640. The summed E-state index contributed by atoms with van der Waals surface area (Å²) in [5, 5.41) is 0. The fourth-order valence-electron chi connectivity index (χ4n) is 2.57. The quantitative estimate of drug-likeness (QED) is 0.712. The maximum atomic E-state index is 5.18. The lowest BCUT2D eigenvalue weighted by molar-refractivity contribution is 0.202. The van der Waals surface area contributed by atoms with Gasteiger partial charge in [-0.3, -0.25) is 0 Å². The normalized spacial score (nSPS) is 10.8. The highest BCUT2D eigenvalue weighted by atomic mass is 32.2. The van der Waals surface area contributed by atoms with Crippen molar-refractivity contribution in [3.63, 3.8) is 0 Å². The molecule has 0 aliphatic carbocycles. The molecule has 23 heavy (non-hydrogen) atoms. The van der Waals surface area contributed by atoms with E-state index in [0.29, 0.717) is 0 Å². The van der Waals surface area contributed by atoms with Gasteiger partial charge in [0.25, 0.3) is 0 Å². The van der Waals surface area contributed by atoms with Gasteiger partial charge in [-0.15, -0.1) is 11.8 Å². The number of ether oxygens (including phenoxy) is 1. The zero-order chi connectivity index (χ0) is 16.8. The van der Waals surface area contributed by atoms with E-state index in [2.05, 4.69) is 46.2 Å². The standard InChI is InChI=1S/C18H25N3OS/c1-6-21(18-19-13(2)11-14(3)20-18)16-8-7-15(9-10-22-4)12-17(16)23-5/h7-8,11-12H,6,9-10H2,1-5H3. The lowest BCUT2D eigenvalue weighted by atomic mass is 10.1. The zero-order valence-corrected chi connectivity index (χ0v) is 15.4. The van der Waals surface area contributed by atoms with Gasteiger partial charge in [-0.2, -0.15) is 0 Å². The third kappa shape index (κ3) is 4.45. The van der Waals surface area contributed by atoms with Gasteiger partial charge in [-0.1, -0.05) is 6.07 Å². The fourth-order valence-corrected chi connectivity index (χ4v) is 3.22. The third-order valence-corrected chi connectivity index (χ3v) is 4.42. The Morgan fingerprint density at radius 2 is 1.83 bits per heavy atom. The van der Waals surface area contributed by atoms with E-state index in [-0.39, 0.29) is 0 Å². The van der Waals surface area contributed by atoms with Crippen LogP contribution in [0.1, 0.15) is 23.9 Å². The molecule has 0 fully saturated rings. The molecule has 0 spiro atoms. The van der Waals surface area contributed by atoms with Crippen molar-refractivity contribution in [2.45, 2.75) is 32.1 Å². The van der Waals surface area contributed by atoms with Crippen LogP contribution in [-0.2, 0) is 11.2 Å².